The van der Waals surface area contributed by atoms with Crippen molar-refractivity contribution in [2.75, 3.05) is 25.6 Å². The minimum Gasteiger partial charge on any atom is -0.497 e. The van der Waals surface area contributed by atoms with Gasteiger partial charge in [0.2, 0.25) is 5.91 Å². The summed E-state index contributed by atoms with van der Waals surface area (Å²) in [5.74, 6) is 2.27. The van der Waals surface area contributed by atoms with Crippen LogP contribution >= 0.6 is 0 Å². The van der Waals surface area contributed by atoms with Gasteiger partial charge in [-0.2, -0.15) is 0 Å². The van der Waals surface area contributed by atoms with Crippen LogP contribution in [0.3, 0.4) is 0 Å². The number of Topliss-reactive ketones (excluding diaryl/α,β-unsaturated/α-hetero) is 1. The number of nitrogens with one attached hydrogen (secondary N) is 2. The number of carbonyl (C=O) groups excluding carboxylic acids is 2. The van der Waals surface area contributed by atoms with E-state index in [0.29, 0.717) is 42.2 Å². The normalized spacial score (nSPS) is 15.3. The minimum absolute atomic E-state index is 0.0259. The Morgan fingerprint density at radius 2 is 1.74 bits per heavy atom. The lowest BCUT2D eigenvalue weighted by molar-refractivity contribution is -0.124. The average Bonchev–Trinajstić information content (AvgIpc) is 2.86. The van der Waals surface area contributed by atoms with Crippen molar-refractivity contribution in [2.24, 2.45) is 0 Å². The fraction of sp³-hybridized carbons (Fsp3) is 0.462. The summed E-state index contributed by atoms with van der Waals surface area (Å²) in [7, 11) is 1.60. The highest BCUT2D eigenvalue weighted by molar-refractivity contribution is 5.96. The molecule has 3 rings (SSSR count). The van der Waals surface area contributed by atoms with Crippen LogP contribution in [-0.2, 0) is 16.0 Å². The molecule has 1 aliphatic heterocycles. The Bertz CT molecular complexity index is 1010. The zero-order valence-electron chi connectivity index (χ0n) is 20.6. The predicted molar refractivity (Wildman–Crippen MR) is 131 cm³/mol. The van der Waals surface area contributed by atoms with Gasteiger partial charge in [0.05, 0.1) is 12.8 Å². The van der Waals surface area contributed by atoms with Crippen molar-refractivity contribution in [1.82, 2.24) is 5.32 Å². The van der Waals surface area contributed by atoms with Crippen molar-refractivity contribution in [3.8, 4) is 23.0 Å². The van der Waals surface area contributed by atoms with E-state index in [1.54, 1.807) is 33.1 Å². The fourth-order valence-corrected chi connectivity index (χ4v) is 3.66. The van der Waals surface area contributed by atoms with Crippen LogP contribution in [0.2, 0.25) is 0 Å². The molecule has 2 aromatic carbocycles. The van der Waals surface area contributed by atoms with E-state index in [-0.39, 0.29) is 31.1 Å². The van der Waals surface area contributed by atoms with Crippen LogP contribution < -0.4 is 29.6 Å². The van der Waals surface area contributed by atoms with Crippen molar-refractivity contribution >= 4 is 17.4 Å². The number of amides is 1. The molecule has 1 amide bonds. The second kappa shape index (κ2) is 12.4. The summed E-state index contributed by atoms with van der Waals surface area (Å²) in [6.07, 6.45) is -0.572. The molecule has 0 radical (unpaired) electrons. The van der Waals surface area contributed by atoms with Gasteiger partial charge in [0.25, 0.3) is 0 Å². The van der Waals surface area contributed by atoms with Gasteiger partial charge in [0, 0.05) is 24.9 Å². The quantitative estimate of drug-likeness (QED) is 0.370. The lowest BCUT2D eigenvalue weighted by atomic mass is 10.0. The summed E-state index contributed by atoms with van der Waals surface area (Å²) in [5, 5.41) is 16.4. The highest BCUT2D eigenvalue weighted by atomic mass is 16.5. The van der Waals surface area contributed by atoms with Crippen molar-refractivity contribution in [3.05, 3.63) is 42.0 Å². The Balaban J connectivity index is 1.55. The smallest absolute Gasteiger partial charge is 0.224 e. The van der Waals surface area contributed by atoms with Crippen molar-refractivity contribution in [1.29, 1.82) is 0 Å². The van der Waals surface area contributed by atoms with Crippen molar-refractivity contribution < 1.29 is 33.6 Å². The summed E-state index contributed by atoms with van der Waals surface area (Å²) in [4.78, 5) is 23.9. The Labute approximate surface area is 205 Å². The molecule has 0 aliphatic carbocycles. The molecule has 0 aromatic heterocycles. The molecule has 0 bridgehead atoms. The molecule has 35 heavy (non-hydrogen) atoms. The van der Waals surface area contributed by atoms with Gasteiger partial charge in [-0.25, -0.2) is 0 Å². The summed E-state index contributed by atoms with van der Waals surface area (Å²) in [5.41, 5.74) is 1.30. The second-order valence-corrected chi connectivity index (χ2v) is 8.35. The van der Waals surface area contributed by atoms with E-state index in [0.717, 1.165) is 11.3 Å². The molecule has 3 atom stereocenters. The molecule has 190 valence electrons. The molecule has 0 spiro atoms. The monoisotopic (exact) mass is 486 g/mol. The van der Waals surface area contributed by atoms with Gasteiger partial charge in [0.1, 0.15) is 41.9 Å². The van der Waals surface area contributed by atoms with Gasteiger partial charge in [-0.3, -0.25) is 14.9 Å². The first kappa shape index (κ1) is 26.3. The fourth-order valence-electron chi connectivity index (χ4n) is 3.66. The molecule has 0 fully saturated rings. The number of benzene rings is 2. The van der Waals surface area contributed by atoms with Crippen LogP contribution in [0.4, 0.5) is 5.69 Å². The standard InChI is InChI=1S/C26H34N2O7/c1-5-22(30)16(2)34-24-12-11-23(21-10-13-25(31)28-26(21)24)33-15-18(29)14-27-17(3)35-20-8-6-19(32-4)7-9-20/h6-9,11-12,16-18,27,29H,5,10,13-15H2,1-4H3,(H,28,31). The number of ether oxygens (including phenoxy) is 4. The predicted octanol–water partition coefficient (Wildman–Crippen LogP) is 3.08. The Morgan fingerprint density at radius 3 is 2.43 bits per heavy atom. The lowest BCUT2D eigenvalue weighted by Crippen LogP contribution is -2.39. The number of anilines is 1. The third-order valence-electron chi connectivity index (χ3n) is 5.65. The van der Waals surface area contributed by atoms with Crippen LogP contribution in [0.1, 0.15) is 39.2 Å². The molecule has 9 nitrogen and oxygen atoms in total. The van der Waals surface area contributed by atoms with Crippen LogP contribution in [0.15, 0.2) is 36.4 Å². The number of ketones is 1. The molecular weight excluding hydrogens is 452 g/mol. The number of methoxy groups -OCH3 is 1. The number of hydrogen-bond donors (Lipinski definition) is 3. The summed E-state index contributed by atoms with van der Waals surface area (Å²) < 4.78 is 22.6. The van der Waals surface area contributed by atoms with Gasteiger partial charge in [-0.1, -0.05) is 6.92 Å². The van der Waals surface area contributed by atoms with E-state index >= 15 is 0 Å². The number of aliphatic hydroxyl groups is 1. The van der Waals surface area contributed by atoms with Crippen LogP contribution in [-0.4, -0.2) is 55.5 Å². The summed E-state index contributed by atoms with van der Waals surface area (Å²) in [6.45, 7) is 5.63. The van der Waals surface area contributed by atoms with E-state index in [9.17, 15) is 14.7 Å². The molecule has 0 saturated heterocycles. The Morgan fingerprint density at radius 1 is 1.06 bits per heavy atom. The van der Waals surface area contributed by atoms with Crippen LogP contribution in [0.25, 0.3) is 0 Å². The summed E-state index contributed by atoms with van der Waals surface area (Å²) >= 11 is 0. The van der Waals surface area contributed by atoms with Crippen LogP contribution in [0, 0.1) is 0 Å². The number of aliphatic hydroxyl groups excluding tert-OH is 1. The zero-order valence-corrected chi connectivity index (χ0v) is 20.6. The van der Waals surface area contributed by atoms with E-state index < -0.39 is 12.2 Å². The first-order valence-electron chi connectivity index (χ1n) is 11.8. The van der Waals surface area contributed by atoms with Crippen molar-refractivity contribution in [2.45, 2.75) is 58.5 Å². The topological polar surface area (TPSA) is 115 Å². The zero-order chi connectivity index (χ0) is 25.4. The number of rotatable bonds is 13. The molecule has 1 aliphatic rings. The Hall–Kier alpha value is -3.30. The molecule has 3 unspecified atom stereocenters. The SMILES string of the molecule is CCC(=O)C(C)Oc1ccc(OCC(O)CNC(C)Oc2ccc(OC)cc2)c2c1NC(=O)CC2. The largest absolute Gasteiger partial charge is 0.497 e. The molecule has 1 heterocycles. The maximum absolute atomic E-state index is 12.0. The van der Waals surface area contributed by atoms with Gasteiger partial charge in [-0.15, -0.1) is 0 Å². The third kappa shape index (κ3) is 7.34. The summed E-state index contributed by atoms with van der Waals surface area (Å²) in [6, 6.07) is 10.7. The molecule has 2 aromatic rings. The lowest BCUT2D eigenvalue weighted by Gasteiger charge is -2.25. The minimum atomic E-state index is -0.788. The van der Waals surface area contributed by atoms with Gasteiger partial charge in [-0.05, 0) is 56.7 Å². The molecule has 0 saturated carbocycles. The van der Waals surface area contributed by atoms with Gasteiger partial charge < -0.3 is 29.4 Å². The molecule has 9 heteroatoms. The molecular formula is C26H34N2O7. The Kier molecular flexibility index (Phi) is 9.33. The first-order chi connectivity index (χ1) is 16.8. The average molecular weight is 487 g/mol. The first-order valence-corrected chi connectivity index (χ1v) is 11.8. The third-order valence-corrected chi connectivity index (χ3v) is 5.65. The second-order valence-electron chi connectivity index (χ2n) is 8.35. The van der Waals surface area contributed by atoms with E-state index in [1.807, 2.05) is 31.2 Å². The maximum Gasteiger partial charge on any atom is 0.224 e. The number of hydrogen-bond acceptors (Lipinski definition) is 8. The highest BCUT2D eigenvalue weighted by Crippen LogP contribution is 2.39. The van der Waals surface area contributed by atoms with Gasteiger partial charge in [0.15, 0.2) is 11.9 Å². The molecule has 3 N–H and O–H groups in total. The van der Waals surface area contributed by atoms with Gasteiger partial charge >= 0.3 is 0 Å². The van der Waals surface area contributed by atoms with E-state index in [4.69, 9.17) is 18.9 Å². The number of fused-ring (bicyclic) bond motifs is 1. The highest BCUT2D eigenvalue weighted by Gasteiger charge is 2.25. The van der Waals surface area contributed by atoms with Crippen LogP contribution in [0.5, 0.6) is 23.0 Å². The van der Waals surface area contributed by atoms with Crippen molar-refractivity contribution in [3.63, 3.8) is 0 Å². The number of carbonyl (C=O) groups is 2. The van der Waals surface area contributed by atoms with E-state index in [1.165, 1.54) is 0 Å². The maximum atomic E-state index is 12.0. The van der Waals surface area contributed by atoms with E-state index in [2.05, 4.69) is 10.6 Å².